The minimum Gasteiger partial charge on any atom is -0.455 e. The average molecular weight is 775 g/mol. The van der Waals surface area contributed by atoms with E-state index in [0.717, 1.165) is 44.1 Å². The normalized spacial score (nSPS) is 24.2. The molecule has 58 heavy (non-hydrogen) atoms. The van der Waals surface area contributed by atoms with Crippen molar-refractivity contribution < 1.29 is 4.42 Å². The molecule has 288 valence electrons. The van der Waals surface area contributed by atoms with Crippen molar-refractivity contribution in [3.05, 3.63) is 132 Å². The molecule has 0 amide bonds. The zero-order valence-corrected chi connectivity index (χ0v) is 35.5. The lowest BCUT2D eigenvalue weighted by Gasteiger charge is -2.47. The zero-order valence-electron chi connectivity index (χ0n) is 34.7. The summed E-state index contributed by atoms with van der Waals surface area (Å²) >= 11 is 2.04. The van der Waals surface area contributed by atoms with Gasteiger partial charge in [0, 0.05) is 50.6 Å². The van der Waals surface area contributed by atoms with E-state index in [9.17, 15) is 0 Å². The number of hydrogen-bond acceptors (Lipinski definition) is 4. The van der Waals surface area contributed by atoms with Gasteiger partial charge in [0.25, 0.3) is 0 Å². The Bertz CT molecular complexity index is 2890. The van der Waals surface area contributed by atoms with Crippen molar-refractivity contribution in [1.82, 2.24) is 0 Å². The van der Waals surface area contributed by atoms with E-state index in [2.05, 4.69) is 161 Å². The van der Waals surface area contributed by atoms with Gasteiger partial charge in [-0.25, -0.2) is 0 Å². The van der Waals surface area contributed by atoms with Crippen LogP contribution >= 0.6 is 11.8 Å². The van der Waals surface area contributed by atoms with E-state index in [1.807, 2.05) is 11.8 Å². The first-order valence-corrected chi connectivity index (χ1v) is 22.5. The molecule has 2 aliphatic heterocycles. The minimum absolute atomic E-state index is 0.0506. The van der Waals surface area contributed by atoms with Gasteiger partial charge in [0.1, 0.15) is 11.2 Å². The van der Waals surface area contributed by atoms with E-state index in [4.69, 9.17) is 4.42 Å². The lowest BCUT2D eigenvalue weighted by molar-refractivity contribution is 0.251. The van der Waals surface area contributed by atoms with Crippen LogP contribution in [0, 0.1) is 10.8 Å². The minimum atomic E-state index is -0.0506. The van der Waals surface area contributed by atoms with Crippen LogP contribution < -0.4 is 21.1 Å². The molecule has 6 aliphatic rings. The fourth-order valence-electron chi connectivity index (χ4n) is 11.8. The molecule has 3 heterocycles. The van der Waals surface area contributed by atoms with Crippen molar-refractivity contribution >= 4 is 69.0 Å². The van der Waals surface area contributed by atoms with Gasteiger partial charge in [0.15, 0.2) is 7.28 Å². The Morgan fingerprint density at radius 2 is 1.64 bits per heavy atom. The van der Waals surface area contributed by atoms with Crippen molar-refractivity contribution in [2.75, 3.05) is 10.2 Å². The van der Waals surface area contributed by atoms with Gasteiger partial charge in [-0.15, -0.1) is 11.8 Å². The first-order valence-electron chi connectivity index (χ1n) is 21.7. The second-order valence-corrected chi connectivity index (χ2v) is 20.9. The molecule has 4 aliphatic carbocycles. The number of thioether (sulfide) groups is 1. The molecule has 3 nitrogen and oxygen atoms in total. The SMILES string of the molecule is CCC(CC1=C(C)C(C)(C)CCC1(C)C)N1c2cc3c(oc4ccccc43)c(-c3cccc4c3NC35C=CC=CC3(C5)S4)c2Bc2ccc3c(c21)Cc1ccccc1-3. The van der Waals surface area contributed by atoms with Gasteiger partial charge in [-0.3, -0.25) is 0 Å². The molecule has 0 bridgehead atoms. The lowest BCUT2D eigenvalue weighted by atomic mass is 9.57. The number of fused-ring (bicyclic) bond motifs is 10. The summed E-state index contributed by atoms with van der Waals surface area (Å²) in [6, 6.07) is 32.5. The van der Waals surface area contributed by atoms with Gasteiger partial charge in [0.2, 0.25) is 0 Å². The number of nitrogens with zero attached hydrogens (tertiary/aromatic N) is 1. The third-order valence-electron chi connectivity index (χ3n) is 15.6. The molecule has 1 fully saturated rings. The highest BCUT2D eigenvalue weighted by molar-refractivity contribution is 8.01. The van der Waals surface area contributed by atoms with E-state index in [0.29, 0.717) is 0 Å². The topological polar surface area (TPSA) is 28.4 Å². The summed E-state index contributed by atoms with van der Waals surface area (Å²) in [5.74, 6) is 0. The van der Waals surface area contributed by atoms with Crippen LogP contribution in [-0.4, -0.2) is 23.6 Å². The van der Waals surface area contributed by atoms with Gasteiger partial charge in [-0.05, 0) is 95.8 Å². The molecular formula is C53H51BN2OS. The summed E-state index contributed by atoms with van der Waals surface area (Å²) in [5, 5.41) is 6.57. The molecule has 5 aromatic carbocycles. The number of furan rings is 1. The molecular weight excluding hydrogens is 723 g/mol. The number of rotatable bonds is 5. The van der Waals surface area contributed by atoms with Crippen LogP contribution in [0.15, 0.2) is 130 Å². The molecule has 1 saturated carbocycles. The second-order valence-electron chi connectivity index (χ2n) is 19.5. The standard InChI is InChI=1S/C53H51BN2OS/c1-7-33(28-40-31(2)50(3,4)25-26-51(40,5)6)56-42-29-39-36-17-10-11-19-43(36)57-49(39)45(37-18-14-20-44-47(37)55-52-23-12-13-24-53(52,30-52)58-44)46(42)54-41-22-21-35-34-16-9-8-15-32(34)27-38(35)48(41)56/h8-24,29,33,54-55H,7,25-28,30H2,1-6H3. The van der Waals surface area contributed by atoms with Crippen LogP contribution in [-0.2, 0) is 6.42 Å². The Balaban J connectivity index is 1.14. The predicted molar refractivity (Wildman–Crippen MR) is 248 cm³/mol. The summed E-state index contributed by atoms with van der Waals surface area (Å²) in [5.41, 5.74) is 20.6. The molecule has 0 saturated heterocycles. The number of para-hydroxylation sites is 2. The monoisotopic (exact) mass is 774 g/mol. The quantitative estimate of drug-likeness (QED) is 0.139. The van der Waals surface area contributed by atoms with Crippen LogP contribution in [0.25, 0.3) is 44.2 Å². The summed E-state index contributed by atoms with van der Waals surface area (Å²) in [6.07, 6.45) is 15.9. The first kappa shape index (κ1) is 35.1. The maximum Gasteiger partial charge on any atom is 0.198 e. The van der Waals surface area contributed by atoms with Crippen LogP contribution in [0.3, 0.4) is 0 Å². The highest BCUT2D eigenvalue weighted by Gasteiger charge is 2.68. The number of hydrogen-bond donors (Lipinski definition) is 1. The number of anilines is 3. The maximum absolute atomic E-state index is 7.06. The number of nitrogens with one attached hydrogen (secondary N) is 1. The van der Waals surface area contributed by atoms with Gasteiger partial charge >= 0.3 is 0 Å². The predicted octanol–water partition coefficient (Wildman–Crippen LogP) is 12.5. The third kappa shape index (κ3) is 4.71. The summed E-state index contributed by atoms with van der Waals surface area (Å²) in [6.45, 7) is 14.8. The third-order valence-corrected chi connectivity index (χ3v) is 17.1. The molecule has 3 atom stereocenters. The maximum atomic E-state index is 7.06. The van der Waals surface area contributed by atoms with Crippen LogP contribution in [0.5, 0.6) is 0 Å². The van der Waals surface area contributed by atoms with E-state index < -0.39 is 0 Å². The molecule has 3 unspecified atom stereocenters. The molecule has 1 aromatic heterocycles. The van der Waals surface area contributed by atoms with Crippen LogP contribution in [0.2, 0.25) is 0 Å². The largest absolute Gasteiger partial charge is 0.455 e. The second kappa shape index (κ2) is 11.9. The van der Waals surface area contributed by atoms with Crippen molar-refractivity contribution in [3.8, 4) is 22.3 Å². The summed E-state index contributed by atoms with van der Waals surface area (Å²) in [7, 11) is 0.859. The number of allylic oxidation sites excluding steroid dienone is 3. The highest BCUT2D eigenvalue weighted by atomic mass is 32.2. The average Bonchev–Trinajstić information content (AvgIpc) is 3.54. The Labute approximate surface area is 347 Å². The van der Waals surface area contributed by atoms with Crippen molar-refractivity contribution in [2.24, 2.45) is 10.8 Å². The Hall–Kier alpha value is -4.87. The molecule has 0 spiro atoms. The smallest absolute Gasteiger partial charge is 0.198 e. The summed E-state index contributed by atoms with van der Waals surface area (Å²) < 4.78 is 7.15. The van der Waals surface area contributed by atoms with Gasteiger partial charge in [-0.2, -0.15) is 0 Å². The lowest BCUT2D eigenvalue weighted by Crippen LogP contribution is -2.48. The van der Waals surface area contributed by atoms with Crippen LogP contribution in [0.4, 0.5) is 17.1 Å². The molecule has 1 N–H and O–H groups in total. The zero-order chi connectivity index (χ0) is 39.3. The van der Waals surface area contributed by atoms with Crippen molar-refractivity contribution in [3.63, 3.8) is 0 Å². The van der Waals surface area contributed by atoms with E-state index >= 15 is 0 Å². The Morgan fingerprint density at radius 1 is 0.845 bits per heavy atom. The molecule has 5 heteroatoms. The fraction of sp³-hybridized carbons (Fsp3) is 0.321. The van der Waals surface area contributed by atoms with Crippen molar-refractivity contribution in [2.45, 2.75) is 101 Å². The van der Waals surface area contributed by atoms with Crippen molar-refractivity contribution in [1.29, 1.82) is 0 Å². The highest BCUT2D eigenvalue weighted by Crippen LogP contribution is 2.69. The van der Waals surface area contributed by atoms with Gasteiger partial charge in [-0.1, -0.05) is 142 Å². The molecule has 6 aromatic rings. The van der Waals surface area contributed by atoms with Gasteiger partial charge < -0.3 is 14.6 Å². The van der Waals surface area contributed by atoms with E-state index in [1.54, 1.807) is 11.1 Å². The van der Waals surface area contributed by atoms with Crippen LogP contribution in [0.1, 0.15) is 84.8 Å². The van der Waals surface area contributed by atoms with E-state index in [1.165, 1.54) is 89.9 Å². The Morgan fingerprint density at radius 3 is 2.52 bits per heavy atom. The van der Waals surface area contributed by atoms with E-state index in [-0.39, 0.29) is 27.2 Å². The molecule has 12 rings (SSSR count). The fourth-order valence-corrected chi connectivity index (χ4v) is 13.4. The summed E-state index contributed by atoms with van der Waals surface area (Å²) in [4.78, 5) is 4.19. The first-order chi connectivity index (χ1) is 28.0. The number of benzene rings is 5. The molecule has 0 radical (unpaired) electrons. The Kier molecular flexibility index (Phi) is 7.19. The van der Waals surface area contributed by atoms with Gasteiger partial charge in [0.05, 0.1) is 16.0 Å².